The van der Waals surface area contributed by atoms with Gasteiger partial charge in [-0.25, -0.2) is 4.79 Å². The average Bonchev–Trinajstić information content (AvgIpc) is 2.74. The minimum atomic E-state index is -3.47. The molecule has 0 fully saturated rings. The van der Waals surface area contributed by atoms with Crippen molar-refractivity contribution in [2.24, 2.45) is 0 Å². The fourth-order valence-corrected chi connectivity index (χ4v) is 4.55. The SMILES string of the molecule is CCOP(=O)(CC(=O)c1ccc(OCCOC(=O)c2ccccc2)c(C)c1C)OCC. The largest absolute Gasteiger partial charge is 0.490 e. The van der Waals surface area contributed by atoms with E-state index in [4.69, 9.17) is 18.5 Å². The van der Waals surface area contributed by atoms with Gasteiger partial charge in [-0.1, -0.05) is 18.2 Å². The molecule has 0 bridgehead atoms. The Hall–Kier alpha value is -2.47. The maximum absolute atomic E-state index is 12.7. The third kappa shape index (κ3) is 7.03. The van der Waals surface area contributed by atoms with Gasteiger partial charge in [-0.3, -0.25) is 9.36 Å². The fraction of sp³-hybridized carbons (Fsp3) is 0.391. The van der Waals surface area contributed by atoms with Crippen LogP contribution in [0.1, 0.15) is 45.7 Å². The van der Waals surface area contributed by atoms with Gasteiger partial charge in [0.2, 0.25) is 0 Å². The van der Waals surface area contributed by atoms with Crippen LogP contribution in [0.3, 0.4) is 0 Å². The number of benzene rings is 2. The van der Waals surface area contributed by atoms with Crippen LogP contribution in [0.25, 0.3) is 0 Å². The van der Waals surface area contributed by atoms with Crippen molar-refractivity contribution >= 4 is 19.3 Å². The van der Waals surface area contributed by atoms with Gasteiger partial charge in [-0.2, -0.15) is 0 Å². The minimum Gasteiger partial charge on any atom is -0.490 e. The first-order chi connectivity index (χ1) is 14.8. The summed E-state index contributed by atoms with van der Waals surface area (Å²) in [6.45, 7) is 7.71. The summed E-state index contributed by atoms with van der Waals surface area (Å²) in [7, 11) is -3.47. The zero-order chi connectivity index (χ0) is 22.9. The molecule has 0 radical (unpaired) electrons. The number of hydrogen-bond acceptors (Lipinski definition) is 7. The van der Waals surface area contributed by atoms with Crippen molar-refractivity contribution in [3.63, 3.8) is 0 Å². The standard InChI is InChI=1S/C23H29O7P/c1-5-29-31(26,30-6-2)16-21(24)20-12-13-22(18(4)17(20)3)27-14-15-28-23(25)19-10-8-7-9-11-19/h7-13H,5-6,14-16H2,1-4H3. The molecule has 31 heavy (non-hydrogen) atoms. The van der Waals surface area contributed by atoms with E-state index in [2.05, 4.69) is 0 Å². The average molecular weight is 448 g/mol. The Labute approximate surface area is 183 Å². The molecule has 0 saturated heterocycles. The highest BCUT2D eigenvalue weighted by molar-refractivity contribution is 7.54. The second kappa shape index (κ2) is 11.8. The van der Waals surface area contributed by atoms with E-state index < -0.39 is 13.6 Å². The first-order valence-corrected chi connectivity index (χ1v) is 11.9. The van der Waals surface area contributed by atoms with Crippen LogP contribution in [0.4, 0.5) is 0 Å². The molecule has 0 unspecified atom stereocenters. The van der Waals surface area contributed by atoms with Gasteiger partial charge in [0.1, 0.15) is 25.1 Å². The van der Waals surface area contributed by atoms with E-state index in [9.17, 15) is 14.2 Å². The fourth-order valence-electron chi connectivity index (χ4n) is 2.98. The zero-order valence-electron chi connectivity index (χ0n) is 18.4. The monoisotopic (exact) mass is 448 g/mol. The summed E-state index contributed by atoms with van der Waals surface area (Å²) < 4.78 is 34.0. The minimum absolute atomic E-state index is 0.0960. The molecule has 8 heteroatoms. The Balaban J connectivity index is 1.97. The molecule has 0 heterocycles. The Morgan fingerprint density at radius 2 is 1.52 bits per heavy atom. The summed E-state index contributed by atoms with van der Waals surface area (Å²) in [5, 5.41) is 0. The summed E-state index contributed by atoms with van der Waals surface area (Å²) in [4.78, 5) is 24.7. The Bertz CT molecular complexity index is 930. The van der Waals surface area contributed by atoms with E-state index in [-0.39, 0.29) is 38.4 Å². The lowest BCUT2D eigenvalue weighted by Gasteiger charge is -2.18. The highest BCUT2D eigenvalue weighted by Gasteiger charge is 2.29. The first kappa shape index (κ1) is 24.8. The summed E-state index contributed by atoms with van der Waals surface area (Å²) in [5.74, 6) is -0.136. The first-order valence-electron chi connectivity index (χ1n) is 10.2. The number of esters is 1. The van der Waals surface area contributed by atoms with E-state index in [0.717, 1.165) is 11.1 Å². The van der Waals surface area contributed by atoms with Crippen molar-refractivity contribution in [2.45, 2.75) is 27.7 Å². The summed E-state index contributed by atoms with van der Waals surface area (Å²) >= 11 is 0. The van der Waals surface area contributed by atoms with Gasteiger partial charge < -0.3 is 18.5 Å². The van der Waals surface area contributed by atoms with Crippen LogP contribution in [0.2, 0.25) is 0 Å². The molecule has 2 rings (SSSR count). The molecule has 0 aliphatic rings. The normalized spacial score (nSPS) is 11.2. The van der Waals surface area contributed by atoms with Gasteiger partial charge >= 0.3 is 13.6 Å². The lowest BCUT2D eigenvalue weighted by Crippen LogP contribution is -2.14. The predicted molar refractivity (Wildman–Crippen MR) is 118 cm³/mol. The Kier molecular flexibility index (Phi) is 9.44. The lowest BCUT2D eigenvalue weighted by atomic mass is 10.00. The number of Topliss-reactive ketones (excluding diaryl/α,β-unsaturated/α-hetero) is 1. The topological polar surface area (TPSA) is 88.1 Å². The number of ketones is 1. The summed E-state index contributed by atoms with van der Waals surface area (Å²) in [6.07, 6.45) is -0.315. The van der Waals surface area contributed by atoms with E-state index in [1.54, 1.807) is 57.2 Å². The van der Waals surface area contributed by atoms with Crippen LogP contribution < -0.4 is 4.74 Å². The molecule has 7 nitrogen and oxygen atoms in total. The Morgan fingerprint density at radius 3 is 2.13 bits per heavy atom. The van der Waals surface area contributed by atoms with Crippen molar-refractivity contribution < 1.29 is 32.7 Å². The molecular weight excluding hydrogens is 419 g/mol. The Morgan fingerprint density at radius 1 is 0.871 bits per heavy atom. The van der Waals surface area contributed by atoms with Crippen LogP contribution in [-0.4, -0.2) is 44.3 Å². The highest BCUT2D eigenvalue weighted by atomic mass is 31.2. The quantitative estimate of drug-likeness (QED) is 0.196. The maximum Gasteiger partial charge on any atom is 0.338 e. The molecule has 0 amide bonds. The molecule has 2 aromatic rings. The van der Waals surface area contributed by atoms with E-state index >= 15 is 0 Å². The number of hydrogen-bond donors (Lipinski definition) is 0. The molecular formula is C23H29O7P. The highest BCUT2D eigenvalue weighted by Crippen LogP contribution is 2.48. The van der Waals surface area contributed by atoms with Gasteiger partial charge in [-0.15, -0.1) is 0 Å². The molecule has 0 atom stereocenters. The van der Waals surface area contributed by atoms with Crippen molar-refractivity contribution in [2.75, 3.05) is 32.6 Å². The van der Waals surface area contributed by atoms with Crippen LogP contribution in [0, 0.1) is 13.8 Å². The molecule has 0 N–H and O–H groups in total. The van der Waals surface area contributed by atoms with E-state index in [0.29, 0.717) is 16.9 Å². The van der Waals surface area contributed by atoms with Crippen LogP contribution in [-0.2, 0) is 18.3 Å². The third-order valence-corrected chi connectivity index (χ3v) is 6.59. The van der Waals surface area contributed by atoms with E-state index in [1.807, 2.05) is 13.0 Å². The molecule has 0 aliphatic carbocycles. The van der Waals surface area contributed by atoms with Gasteiger partial charge in [-0.05, 0) is 63.1 Å². The number of rotatable bonds is 12. The van der Waals surface area contributed by atoms with Gasteiger partial charge in [0.15, 0.2) is 5.78 Å². The van der Waals surface area contributed by atoms with Crippen LogP contribution in [0.5, 0.6) is 5.75 Å². The van der Waals surface area contributed by atoms with Gasteiger partial charge in [0.05, 0.1) is 18.8 Å². The third-order valence-electron chi connectivity index (χ3n) is 4.61. The molecule has 0 aromatic heterocycles. The van der Waals surface area contributed by atoms with Crippen LogP contribution >= 0.6 is 7.60 Å². The molecule has 0 saturated carbocycles. The molecule has 2 aromatic carbocycles. The predicted octanol–water partition coefficient (Wildman–Crippen LogP) is 4.99. The molecule has 0 spiro atoms. The second-order valence-electron chi connectivity index (χ2n) is 6.74. The maximum atomic E-state index is 12.7. The number of ether oxygens (including phenoxy) is 2. The van der Waals surface area contributed by atoms with Crippen LogP contribution in [0.15, 0.2) is 42.5 Å². The van der Waals surface area contributed by atoms with Crippen molar-refractivity contribution in [1.82, 2.24) is 0 Å². The molecule has 168 valence electrons. The zero-order valence-corrected chi connectivity index (χ0v) is 19.3. The van der Waals surface area contributed by atoms with Crippen molar-refractivity contribution in [3.05, 3.63) is 64.7 Å². The van der Waals surface area contributed by atoms with Crippen molar-refractivity contribution in [1.29, 1.82) is 0 Å². The van der Waals surface area contributed by atoms with Crippen molar-refractivity contribution in [3.8, 4) is 5.75 Å². The summed E-state index contributed by atoms with van der Waals surface area (Å²) in [6, 6.07) is 12.0. The number of carbonyl (C=O) groups excluding carboxylic acids is 2. The second-order valence-corrected chi connectivity index (χ2v) is 8.79. The summed E-state index contributed by atoms with van der Waals surface area (Å²) in [5.41, 5.74) is 2.43. The van der Waals surface area contributed by atoms with E-state index in [1.165, 1.54) is 0 Å². The molecule has 0 aliphatic heterocycles. The van der Waals surface area contributed by atoms with Gasteiger partial charge in [0, 0.05) is 5.56 Å². The van der Waals surface area contributed by atoms with Gasteiger partial charge in [0.25, 0.3) is 0 Å². The lowest BCUT2D eigenvalue weighted by molar-refractivity contribution is 0.0450. The number of carbonyl (C=O) groups is 2. The smallest absolute Gasteiger partial charge is 0.338 e.